The Morgan fingerprint density at radius 3 is 2.76 bits per heavy atom. The molecule has 3 N–H and O–H groups in total. The number of nitrogens with two attached hydrogens (primary N) is 1. The molecule has 2 rings (SSSR count). The summed E-state index contributed by atoms with van der Waals surface area (Å²) in [7, 11) is -1.49. The summed E-state index contributed by atoms with van der Waals surface area (Å²) < 4.78 is 22.9. The molecule has 118 valence electrons. The van der Waals surface area contributed by atoms with Crippen LogP contribution < -0.4 is 10.5 Å². The summed E-state index contributed by atoms with van der Waals surface area (Å²) in [5.41, 5.74) is 0.952. The number of sulfonamides is 1. The predicted octanol–water partition coefficient (Wildman–Crippen LogP) is 1.47. The van der Waals surface area contributed by atoms with Crippen LogP contribution >= 0.6 is 0 Å². The highest BCUT2D eigenvalue weighted by molar-refractivity contribution is 7.89. The topological polar surface area (TPSA) is 75.4 Å². The Bertz CT molecular complexity index is 588. The maximum atomic E-state index is 11.4. The molecule has 0 saturated carbocycles. The molecule has 0 aliphatic carbocycles. The van der Waals surface area contributed by atoms with Crippen LogP contribution in [0.4, 0.5) is 0 Å². The fraction of sp³-hybridized carbons (Fsp3) is 0.600. The van der Waals surface area contributed by atoms with Crippen molar-refractivity contribution in [3.63, 3.8) is 0 Å². The third-order valence-electron chi connectivity index (χ3n) is 4.38. The first-order valence-electron chi connectivity index (χ1n) is 7.36. The van der Waals surface area contributed by atoms with Gasteiger partial charge in [-0.2, -0.15) is 0 Å². The van der Waals surface area contributed by atoms with Crippen molar-refractivity contribution >= 4 is 10.0 Å². The van der Waals surface area contributed by atoms with Crippen molar-refractivity contribution in [2.45, 2.75) is 49.7 Å². The summed E-state index contributed by atoms with van der Waals surface area (Å²) in [4.78, 5) is 2.54. The average molecular weight is 311 g/mol. The van der Waals surface area contributed by atoms with E-state index >= 15 is 0 Å². The van der Waals surface area contributed by atoms with E-state index in [1.165, 1.54) is 6.07 Å². The van der Waals surface area contributed by atoms with Crippen LogP contribution in [0.1, 0.15) is 38.3 Å². The third-order valence-corrected chi connectivity index (χ3v) is 5.29. The summed E-state index contributed by atoms with van der Waals surface area (Å²) in [6.45, 7) is 5.38. The standard InChI is InChI=1S/C15H25N3O2S/c1-11-9-14(7-8-18(11)3)17-12(2)13-5-4-6-15(10-13)21(16,19)20/h4-6,10-12,14,17H,7-9H2,1-3H3,(H2,16,19,20). The van der Waals surface area contributed by atoms with Gasteiger partial charge in [0.2, 0.25) is 10.0 Å². The molecule has 1 aliphatic rings. The Kier molecular flexibility index (Phi) is 5.03. The molecule has 0 aromatic heterocycles. The second-order valence-electron chi connectivity index (χ2n) is 6.06. The van der Waals surface area contributed by atoms with Gasteiger partial charge in [-0.15, -0.1) is 0 Å². The molecular formula is C15H25N3O2S. The Labute approximate surface area is 127 Å². The first-order valence-corrected chi connectivity index (χ1v) is 8.91. The van der Waals surface area contributed by atoms with Crippen LogP contribution in [0, 0.1) is 0 Å². The van der Waals surface area contributed by atoms with E-state index < -0.39 is 10.0 Å². The van der Waals surface area contributed by atoms with Gasteiger partial charge in [-0.3, -0.25) is 0 Å². The molecule has 21 heavy (non-hydrogen) atoms. The number of nitrogens with zero attached hydrogens (tertiary/aromatic N) is 1. The van der Waals surface area contributed by atoms with Crippen LogP contribution in [0.5, 0.6) is 0 Å². The van der Waals surface area contributed by atoms with Crippen LogP contribution in [0.2, 0.25) is 0 Å². The maximum Gasteiger partial charge on any atom is 0.238 e. The van der Waals surface area contributed by atoms with Gasteiger partial charge in [0.15, 0.2) is 0 Å². The largest absolute Gasteiger partial charge is 0.307 e. The second kappa shape index (κ2) is 6.44. The number of piperidine rings is 1. The molecular weight excluding hydrogens is 286 g/mol. The number of hydrogen-bond acceptors (Lipinski definition) is 4. The maximum absolute atomic E-state index is 11.4. The van der Waals surface area contributed by atoms with Gasteiger partial charge >= 0.3 is 0 Å². The zero-order valence-corrected chi connectivity index (χ0v) is 13.7. The van der Waals surface area contributed by atoms with Gasteiger partial charge < -0.3 is 10.2 Å². The minimum Gasteiger partial charge on any atom is -0.307 e. The molecule has 3 atom stereocenters. The summed E-state index contributed by atoms with van der Waals surface area (Å²) in [5, 5.41) is 8.79. The molecule has 0 bridgehead atoms. The number of rotatable bonds is 4. The SMILES string of the molecule is CC(NC1CCN(C)C(C)C1)c1cccc(S(N)(=O)=O)c1. The monoisotopic (exact) mass is 311 g/mol. The van der Waals surface area contributed by atoms with Gasteiger partial charge in [-0.25, -0.2) is 13.6 Å². The van der Waals surface area contributed by atoms with Crippen LogP contribution in [0.15, 0.2) is 29.2 Å². The van der Waals surface area contributed by atoms with Crippen molar-refractivity contribution in [3.8, 4) is 0 Å². The summed E-state index contributed by atoms with van der Waals surface area (Å²) in [5.74, 6) is 0. The van der Waals surface area contributed by atoms with E-state index in [-0.39, 0.29) is 10.9 Å². The lowest BCUT2D eigenvalue weighted by Crippen LogP contribution is -2.46. The van der Waals surface area contributed by atoms with E-state index in [1.807, 2.05) is 6.07 Å². The van der Waals surface area contributed by atoms with Gasteiger partial charge in [0.05, 0.1) is 4.90 Å². The van der Waals surface area contributed by atoms with E-state index in [4.69, 9.17) is 5.14 Å². The molecule has 5 nitrogen and oxygen atoms in total. The van der Waals surface area contributed by atoms with E-state index in [9.17, 15) is 8.42 Å². The van der Waals surface area contributed by atoms with E-state index in [0.717, 1.165) is 24.9 Å². The molecule has 1 aromatic carbocycles. The minimum atomic E-state index is -3.64. The Balaban J connectivity index is 2.05. The van der Waals surface area contributed by atoms with Gasteiger partial charge in [0, 0.05) is 18.1 Å². The van der Waals surface area contributed by atoms with Crippen LogP contribution in [-0.2, 0) is 10.0 Å². The van der Waals surface area contributed by atoms with Gasteiger partial charge in [0.1, 0.15) is 0 Å². The molecule has 1 saturated heterocycles. The van der Waals surface area contributed by atoms with Crippen molar-refractivity contribution in [1.82, 2.24) is 10.2 Å². The third kappa shape index (κ3) is 4.26. The minimum absolute atomic E-state index is 0.104. The van der Waals surface area contributed by atoms with Crippen LogP contribution in [0.25, 0.3) is 0 Å². The fourth-order valence-corrected chi connectivity index (χ4v) is 3.42. The molecule has 0 amide bonds. The fourth-order valence-electron chi connectivity index (χ4n) is 2.85. The number of primary sulfonamides is 1. The number of hydrogen-bond donors (Lipinski definition) is 2. The quantitative estimate of drug-likeness (QED) is 0.883. The van der Waals surface area contributed by atoms with Gasteiger partial charge in [0.25, 0.3) is 0 Å². The molecule has 1 fully saturated rings. The highest BCUT2D eigenvalue weighted by Gasteiger charge is 2.24. The van der Waals surface area contributed by atoms with Crippen LogP contribution in [0.3, 0.4) is 0 Å². The zero-order valence-electron chi connectivity index (χ0n) is 12.9. The van der Waals surface area contributed by atoms with E-state index in [2.05, 4.69) is 31.1 Å². The summed E-state index contributed by atoms with van der Waals surface area (Å²) in [6, 6.07) is 8.00. The number of nitrogens with one attached hydrogen (secondary N) is 1. The first kappa shape index (κ1) is 16.4. The van der Waals surface area contributed by atoms with Crippen molar-refractivity contribution in [2.24, 2.45) is 5.14 Å². The van der Waals surface area contributed by atoms with Crippen LogP contribution in [-0.4, -0.2) is 39.0 Å². The molecule has 0 spiro atoms. The molecule has 1 aromatic rings. The zero-order chi connectivity index (χ0) is 15.6. The molecule has 6 heteroatoms. The summed E-state index contributed by atoms with van der Waals surface area (Å²) in [6.07, 6.45) is 2.22. The van der Waals surface area contributed by atoms with E-state index in [0.29, 0.717) is 12.1 Å². The highest BCUT2D eigenvalue weighted by atomic mass is 32.2. The predicted molar refractivity (Wildman–Crippen MR) is 84.5 cm³/mol. The lowest BCUT2D eigenvalue weighted by atomic mass is 9.97. The smallest absolute Gasteiger partial charge is 0.238 e. The lowest BCUT2D eigenvalue weighted by Gasteiger charge is -2.36. The van der Waals surface area contributed by atoms with E-state index in [1.54, 1.807) is 12.1 Å². The molecule has 1 heterocycles. The van der Waals surface area contributed by atoms with Gasteiger partial charge in [-0.05, 0) is 58.0 Å². The number of benzene rings is 1. The average Bonchev–Trinajstić information content (AvgIpc) is 2.42. The normalized spacial score (nSPS) is 25.7. The lowest BCUT2D eigenvalue weighted by molar-refractivity contribution is 0.163. The molecule has 0 radical (unpaired) electrons. The Morgan fingerprint density at radius 2 is 2.14 bits per heavy atom. The highest BCUT2D eigenvalue weighted by Crippen LogP contribution is 2.21. The Hall–Kier alpha value is -0.950. The second-order valence-corrected chi connectivity index (χ2v) is 7.62. The Morgan fingerprint density at radius 1 is 1.43 bits per heavy atom. The van der Waals surface area contributed by atoms with Crippen molar-refractivity contribution < 1.29 is 8.42 Å². The van der Waals surface area contributed by atoms with Crippen molar-refractivity contribution in [2.75, 3.05) is 13.6 Å². The van der Waals surface area contributed by atoms with Gasteiger partial charge in [-0.1, -0.05) is 12.1 Å². The molecule has 3 unspecified atom stereocenters. The van der Waals surface area contributed by atoms with Crippen molar-refractivity contribution in [1.29, 1.82) is 0 Å². The number of likely N-dealkylation sites (tertiary alicyclic amines) is 1. The first-order chi connectivity index (χ1) is 9.77. The van der Waals surface area contributed by atoms with Crippen molar-refractivity contribution in [3.05, 3.63) is 29.8 Å². The summed E-state index contributed by atoms with van der Waals surface area (Å²) >= 11 is 0. The molecule has 1 aliphatic heterocycles.